The molecule has 3 unspecified atom stereocenters. The number of aliphatic carboxylic acids is 1. The van der Waals surface area contributed by atoms with Crippen molar-refractivity contribution in [1.82, 2.24) is 19.2 Å². The Morgan fingerprint density at radius 1 is 1.16 bits per heavy atom. The first-order valence-electron chi connectivity index (χ1n) is 13.9. The van der Waals surface area contributed by atoms with E-state index in [0.29, 0.717) is 17.8 Å². The van der Waals surface area contributed by atoms with E-state index in [1.807, 2.05) is 39.1 Å². The molecule has 7 nitrogen and oxygen atoms in total. The summed E-state index contributed by atoms with van der Waals surface area (Å²) in [5.74, 6) is 1.34. The largest absolute Gasteiger partial charge is 0.497 e. The number of likely N-dealkylation sites (tertiary alicyclic amines) is 2. The molecule has 1 aromatic carbocycles. The molecular weight excluding hydrogens is 476 g/mol. The van der Waals surface area contributed by atoms with Crippen LogP contribution in [0.15, 0.2) is 48.8 Å². The van der Waals surface area contributed by atoms with E-state index >= 15 is 0 Å². The minimum Gasteiger partial charge on any atom is -0.497 e. The number of carboxylic acid groups (broad SMARTS) is 1. The summed E-state index contributed by atoms with van der Waals surface area (Å²) in [5.41, 5.74) is 4.49. The van der Waals surface area contributed by atoms with Gasteiger partial charge < -0.3 is 19.1 Å². The van der Waals surface area contributed by atoms with Gasteiger partial charge in [-0.1, -0.05) is 50.6 Å². The number of ether oxygens (including phenoxy) is 1. The van der Waals surface area contributed by atoms with Gasteiger partial charge in [-0.05, 0) is 55.8 Å². The van der Waals surface area contributed by atoms with Crippen LogP contribution in [0.4, 0.5) is 0 Å². The van der Waals surface area contributed by atoms with Crippen LogP contribution in [0, 0.1) is 18.3 Å². The van der Waals surface area contributed by atoms with Crippen molar-refractivity contribution < 1.29 is 14.6 Å². The smallest absolute Gasteiger partial charge is 0.321 e. The lowest BCUT2D eigenvalue weighted by Crippen LogP contribution is -2.48. The molecule has 38 heavy (non-hydrogen) atoms. The summed E-state index contributed by atoms with van der Waals surface area (Å²) >= 11 is 0. The number of carbonyl (C=O) groups is 1. The molecule has 4 heterocycles. The molecule has 0 radical (unpaired) electrons. The van der Waals surface area contributed by atoms with Gasteiger partial charge in [0.05, 0.1) is 7.11 Å². The molecule has 0 bridgehead atoms. The Bertz CT molecular complexity index is 1270. The fourth-order valence-corrected chi connectivity index (χ4v) is 6.81. The van der Waals surface area contributed by atoms with Gasteiger partial charge in [-0.3, -0.25) is 9.69 Å². The van der Waals surface area contributed by atoms with Crippen LogP contribution in [-0.2, 0) is 4.79 Å². The Hall–Kier alpha value is -2.90. The number of carboxylic acids is 1. The van der Waals surface area contributed by atoms with Crippen molar-refractivity contribution in [3.63, 3.8) is 0 Å². The molecular formula is C31H42N4O3. The van der Waals surface area contributed by atoms with E-state index in [1.54, 1.807) is 7.11 Å². The van der Waals surface area contributed by atoms with Crippen LogP contribution in [0.1, 0.15) is 62.3 Å². The van der Waals surface area contributed by atoms with E-state index in [4.69, 9.17) is 4.74 Å². The highest BCUT2D eigenvalue weighted by Crippen LogP contribution is 2.39. The van der Waals surface area contributed by atoms with Crippen molar-refractivity contribution in [2.75, 3.05) is 39.8 Å². The summed E-state index contributed by atoms with van der Waals surface area (Å²) in [6.07, 6.45) is 6.29. The number of aromatic nitrogens is 2. The summed E-state index contributed by atoms with van der Waals surface area (Å²) < 4.78 is 7.56. The standard InChI is InChI=1S/C31H42N4O3/c1-21-7-6-8-23(15-21)26-20-34(29(30(36)37)31(2,3)4)19-24(26)18-33-12-9-22(10-13-33)27-17-32-28-16-25(38-5)11-14-35(27)28/h6-8,11,14-17,22,24,26,29H,9-10,12-13,18-20H2,1-5H3,(H,36,37). The predicted molar refractivity (Wildman–Crippen MR) is 150 cm³/mol. The zero-order valence-corrected chi connectivity index (χ0v) is 23.4. The second kappa shape index (κ2) is 10.7. The van der Waals surface area contributed by atoms with Crippen LogP contribution in [-0.4, -0.2) is 76.1 Å². The summed E-state index contributed by atoms with van der Waals surface area (Å²) in [6, 6.07) is 12.3. The van der Waals surface area contributed by atoms with Crippen molar-refractivity contribution in [2.45, 2.75) is 58.4 Å². The van der Waals surface area contributed by atoms with Gasteiger partial charge in [-0.15, -0.1) is 0 Å². The number of hydrogen-bond acceptors (Lipinski definition) is 5. The average molecular weight is 519 g/mol. The number of methoxy groups -OCH3 is 1. The van der Waals surface area contributed by atoms with E-state index in [1.165, 1.54) is 16.8 Å². The molecule has 7 heteroatoms. The molecule has 3 aromatic rings. The number of pyridine rings is 1. The minimum absolute atomic E-state index is 0.325. The molecule has 2 saturated heterocycles. The Morgan fingerprint density at radius 2 is 1.92 bits per heavy atom. The number of benzene rings is 1. The van der Waals surface area contributed by atoms with Gasteiger partial charge >= 0.3 is 5.97 Å². The van der Waals surface area contributed by atoms with Crippen molar-refractivity contribution in [1.29, 1.82) is 0 Å². The first-order chi connectivity index (χ1) is 18.1. The number of nitrogens with zero attached hydrogens (tertiary/aromatic N) is 4. The number of rotatable bonds is 7. The molecule has 5 rings (SSSR count). The number of piperidine rings is 1. The lowest BCUT2D eigenvalue weighted by molar-refractivity contribution is -0.147. The van der Waals surface area contributed by atoms with Crippen molar-refractivity contribution in [2.24, 2.45) is 11.3 Å². The molecule has 0 amide bonds. The van der Waals surface area contributed by atoms with Gasteiger partial charge in [0.1, 0.15) is 17.4 Å². The van der Waals surface area contributed by atoms with Crippen LogP contribution in [0.5, 0.6) is 5.75 Å². The zero-order chi connectivity index (χ0) is 27.0. The molecule has 3 atom stereocenters. The highest BCUT2D eigenvalue weighted by molar-refractivity contribution is 5.74. The van der Waals surface area contributed by atoms with Gasteiger partial charge in [-0.25, -0.2) is 4.98 Å². The molecule has 2 aliphatic heterocycles. The lowest BCUT2D eigenvalue weighted by atomic mass is 9.85. The van der Waals surface area contributed by atoms with Crippen LogP contribution >= 0.6 is 0 Å². The Balaban J connectivity index is 1.30. The number of aryl methyl sites for hydroxylation is 1. The van der Waals surface area contributed by atoms with Gasteiger partial charge in [0.2, 0.25) is 0 Å². The first-order valence-corrected chi connectivity index (χ1v) is 13.9. The van der Waals surface area contributed by atoms with Gasteiger partial charge in [0.15, 0.2) is 0 Å². The van der Waals surface area contributed by atoms with Gasteiger partial charge in [0.25, 0.3) is 0 Å². The molecule has 0 aliphatic carbocycles. The summed E-state index contributed by atoms with van der Waals surface area (Å²) in [4.78, 5) is 21.8. The zero-order valence-electron chi connectivity index (χ0n) is 23.4. The number of fused-ring (bicyclic) bond motifs is 1. The quantitative estimate of drug-likeness (QED) is 0.472. The van der Waals surface area contributed by atoms with Crippen molar-refractivity contribution in [3.05, 3.63) is 65.6 Å². The topological polar surface area (TPSA) is 70.3 Å². The SMILES string of the molecule is COc1ccn2c(C3CCN(CC4CN(C(C(=O)O)C(C)(C)C)CC4c4cccc(C)c4)CC3)cnc2c1. The number of hydrogen-bond donors (Lipinski definition) is 1. The van der Waals surface area contributed by atoms with Crippen LogP contribution in [0.3, 0.4) is 0 Å². The minimum atomic E-state index is -0.715. The second-order valence-electron chi connectivity index (χ2n) is 12.4. The normalized spacial score (nSPS) is 22.7. The van der Waals surface area contributed by atoms with Crippen LogP contribution in [0.25, 0.3) is 5.65 Å². The third kappa shape index (κ3) is 5.45. The molecule has 2 aromatic heterocycles. The molecule has 2 aliphatic rings. The van der Waals surface area contributed by atoms with E-state index < -0.39 is 12.0 Å². The van der Waals surface area contributed by atoms with Crippen LogP contribution in [0.2, 0.25) is 0 Å². The van der Waals surface area contributed by atoms with Crippen LogP contribution < -0.4 is 4.74 Å². The Labute approximate surface area is 226 Å². The highest BCUT2D eigenvalue weighted by atomic mass is 16.5. The molecule has 204 valence electrons. The van der Waals surface area contributed by atoms with Crippen molar-refractivity contribution >= 4 is 11.6 Å². The van der Waals surface area contributed by atoms with Gasteiger partial charge in [0, 0.05) is 55.6 Å². The summed E-state index contributed by atoms with van der Waals surface area (Å²) in [5, 5.41) is 10.1. The molecule has 0 saturated carbocycles. The monoisotopic (exact) mass is 518 g/mol. The van der Waals surface area contributed by atoms with E-state index in [2.05, 4.69) is 56.6 Å². The van der Waals surface area contributed by atoms with E-state index in [-0.39, 0.29) is 5.41 Å². The van der Waals surface area contributed by atoms with Gasteiger partial charge in [-0.2, -0.15) is 0 Å². The van der Waals surface area contributed by atoms with Crippen molar-refractivity contribution in [3.8, 4) is 5.75 Å². The third-order valence-corrected chi connectivity index (χ3v) is 8.61. The Kier molecular flexibility index (Phi) is 7.51. The molecule has 1 N–H and O–H groups in total. The molecule has 2 fully saturated rings. The first kappa shape index (κ1) is 26.7. The fourth-order valence-electron chi connectivity index (χ4n) is 6.81. The highest BCUT2D eigenvalue weighted by Gasteiger charge is 2.44. The fraction of sp³-hybridized carbons (Fsp3) is 0.548. The number of imidazole rings is 1. The van der Waals surface area contributed by atoms with E-state index in [9.17, 15) is 9.90 Å². The average Bonchev–Trinajstić information content (AvgIpc) is 3.47. The maximum atomic E-state index is 12.3. The second-order valence-corrected chi connectivity index (χ2v) is 12.4. The lowest BCUT2D eigenvalue weighted by Gasteiger charge is -2.36. The Morgan fingerprint density at radius 3 is 2.58 bits per heavy atom. The predicted octanol–water partition coefficient (Wildman–Crippen LogP) is 5.05. The molecule has 0 spiro atoms. The summed E-state index contributed by atoms with van der Waals surface area (Å²) in [7, 11) is 1.68. The maximum Gasteiger partial charge on any atom is 0.321 e. The van der Waals surface area contributed by atoms with E-state index in [0.717, 1.165) is 57.0 Å². The maximum absolute atomic E-state index is 12.3. The summed E-state index contributed by atoms with van der Waals surface area (Å²) in [6.45, 7) is 13.0. The third-order valence-electron chi connectivity index (χ3n) is 8.61.